The van der Waals surface area contributed by atoms with Gasteiger partial charge >= 0.3 is 0 Å². The zero-order chi connectivity index (χ0) is 20.1. The molecule has 0 bridgehead atoms. The molecule has 1 atom stereocenters. The lowest BCUT2D eigenvalue weighted by atomic mass is 10.2. The van der Waals surface area contributed by atoms with Crippen LogP contribution in [0.15, 0.2) is 51.8 Å². The first-order chi connectivity index (χ1) is 14.2. The van der Waals surface area contributed by atoms with E-state index in [0.717, 1.165) is 39.7 Å². The van der Waals surface area contributed by atoms with Gasteiger partial charge in [-0.15, -0.1) is 11.3 Å². The molecule has 8 heteroatoms. The zero-order valence-corrected chi connectivity index (χ0v) is 17.3. The summed E-state index contributed by atoms with van der Waals surface area (Å²) in [4.78, 5) is 21.1. The van der Waals surface area contributed by atoms with E-state index in [9.17, 15) is 9.90 Å². The Hall–Kier alpha value is -2.42. The van der Waals surface area contributed by atoms with E-state index in [1.807, 2.05) is 30.3 Å². The highest BCUT2D eigenvalue weighted by Gasteiger charge is 2.16. The van der Waals surface area contributed by atoms with Crippen molar-refractivity contribution in [2.45, 2.75) is 23.3 Å². The molecule has 150 valence electrons. The van der Waals surface area contributed by atoms with Crippen LogP contribution in [-0.2, 0) is 9.53 Å². The Labute approximate surface area is 177 Å². The second-order valence-corrected chi connectivity index (χ2v) is 8.93. The summed E-state index contributed by atoms with van der Waals surface area (Å²) in [6.07, 6.45) is 3.88. The Morgan fingerprint density at radius 2 is 2.28 bits per heavy atom. The van der Waals surface area contributed by atoms with E-state index in [4.69, 9.17) is 4.74 Å². The molecule has 3 aromatic rings. The second kappa shape index (κ2) is 9.39. The molecule has 2 heterocycles. The number of carbonyl (C=O) groups is 1. The van der Waals surface area contributed by atoms with Gasteiger partial charge in [-0.05, 0) is 43.2 Å². The summed E-state index contributed by atoms with van der Waals surface area (Å²) in [5.74, 6) is 0.537. The van der Waals surface area contributed by atoms with E-state index >= 15 is 0 Å². The van der Waals surface area contributed by atoms with E-state index in [1.165, 1.54) is 11.8 Å². The van der Waals surface area contributed by atoms with Crippen molar-refractivity contribution in [3.63, 3.8) is 0 Å². The number of ether oxygens (including phenoxy) is 1. The highest BCUT2D eigenvalue weighted by atomic mass is 32.2. The number of nitrogens with zero attached hydrogens (tertiary/aromatic N) is 2. The second-order valence-electron chi connectivity index (χ2n) is 6.68. The summed E-state index contributed by atoms with van der Waals surface area (Å²) in [7, 11) is 0. The van der Waals surface area contributed by atoms with Crippen molar-refractivity contribution >= 4 is 51.1 Å². The summed E-state index contributed by atoms with van der Waals surface area (Å²) in [5, 5.41) is 12.8. The number of phenolic OH excluding ortho intramolecular Hbond substituents is 1. The van der Waals surface area contributed by atoms with Crippen molar-refractivity contribution in [1.82, 2.24) is 10.3 Å². The molecule has 6 nitrogen and oxygen atoms in total. The normalized spacial score (nSPS) is 16.6. The molecule has 1 aromatic heterocycles. The minimum absolute atomic E-state index is 0.00212. The zero-order valence-electron chi connectivity index (χ0n) is 15.7. The van der Waals surface area contributed by atoms with Gasteiger partial charge in [-0.3, -0.25) is 9.79 Å². The van der Waals surface area contributed by atoms with Crippen LogP contribution in [0.3, 0.4) is 0 Å². The van der Waals surface area contributed by atoms with Crippen molar-refractivity contribution in [2.24, 2.45) is 4.99 Å². The molecule has 0 spiro atoms. The smallest absolute Gasteiger partial charge is 0.230 e. The molecule has 0 aliphatic carbocycles. The lowest BCUT2D eigenvalue weighted by molar-refractivity contribution is -0.119. The number of rotatable bonds is 7. The quantitative estimate of drug-likeness (QED) is 0.437. The van der Waals surface area contributed by atoms with Crippen LogP contribution in [0.25, 0.3) is 10.2 Å². The number of benzene rings is 2. The molecule has 1 fully saturated rings. The van der Waals surface area contributed by atoms with E-state index in [-0.39, 0.29) is 17.8 Å². The first-order valence-electron chi connectivity index (χ1n) is 9.41. The number of aromatic nitrogens is 1. The Balaban J connectivity index is 1.35. The predicted molar refractivity (Wildman–Crippen MR) is 118 cm³/mol. The highest BCUT2D eigenvalue weighted by molar-refractivity contribution is 8.01. The third kappa shape index (κ3) is 5.35. The third-order valence-corrected chi connectivity index (χ3v) is 6.68. The monoisotopic (exact) mass is 427 g/mol. The highest BCUT2D eigenvalue weighted by Crippen LogP contribution is 2.32. The first-order valence-corrected chi connectivity index (χ1v) is 11.2. The number of carbonyl (C=O) groups excluding carboxylic acids is 1. The lowest BCUT2D eigenvalue weighted by Gasteiger charge is -2.09. The number of hydrogen-bond donors (Lipinski definition) is 2. The molecular weight excluding hydrogens is 406 g/mol. The number of amides is 1. The van der Waals surface area contributed by atoms with E-state index in [0.29, 0.717) is 17.9 Å². The molecule has 1 aliphatic heterocycles. The minimum Gasteiger partial charge on any atom is -0.507 e. The van der Waals surface area contributed by atoms with Gasteiger partial charge in [0.15, 0.2) is 4.34 Å². The average Bonchev–Trinajstić information content (AvgIpc) is 3.39. The fourth-order valence-electron chi connectivity index (χ4n) is 2.99. The number of phenols is 1. The van der Waals surface area contributed by atoms with Crippen molar-refractivity contribution < 1.29 is 14.6 Å². The van der Waals surface area contributed by atoms with Crippen LogP contribution in [0.2, 0.25) is 0 Å². The number of aliphatic imine (C=N–C) groups is 1. The minimum atomic E-state index is -0.00212. The Morgan fingerprint density at radius 1 is 1.38 bits per heavy atom. The summed E-state index contributed by atoms with van der Waals surface area (Å²) in [6.45, 7) is 1.37. The van der Waals surface area contributed by atoms with Crippen LogP contribution < -0.4 is 5.32 Å². The predicted octanol–water partition coefficient (Wildman–Crippen LogP) is 4.14. The molecule has 1 saturated heterocycles. The number of nitrogens with one attached hydrogen (secondary N) is 1. The topological polar surface area (TPSA) is 83.8 Å². The van der Waals surface area contributed by atoms with Gasteiger partial charge in [-0.25, -0.2) is 4.98 Å². The SMILES string of the molecule is O=C(CSc1nc2ccc(N=Cc3ccccc3O)cc2s1)NC[C@@H]1CCCO1. The van der Waals surface area contributed by atoms with Crippen molar-refractivity contribution in [3.05, 3.63) is 48.0 Å². The van der Waals surface area contributed by atoms with Gasteiger partial charge in [0, 0.05) is 24.9 Å². The van der Waals surface area contributed by atoms with Gasteiger partial charge in [0.1, 0.15) is 5.75 Å². The summed E-state index contributed by atoms with van der Waals surface area (Å²) in [6, 6.07) is 12.8. The number of aromatic hydroxyl groups is 1. The number of para-hydroxylation sites is 1. The third-order valence-electron chi connectivity index (χ3n) is 4.52. The molecule has 1 aliphatic rings. The molecule has 2 N–H and O–H groups in total. The number of fused-ring (bicyclic) bond motifs is 1. The largest absolute Gasteiger partial charge is 0.507 e. The number of thiazole rings is 1. The molecule has 4 rings (SSSR count). The van der Waals surface area contributed by atoms with Gasteiger partial charge in [0.2, 0.25) is 5.91 Å². The van der Waals surface area contributed by atoms with Crippen molar-refractivity contribution in [3.8, 4) is 5.75 Å². The fourth-order valence-corrected chi connectivity index (χ4v) is 4.92. The maximum atomic E-state index is 12.0. The molecule has 29 heavy (non-hydrogen) atoms. The summed E-state index contributed by atoms with van der Waals surface area (Å²) in [5.41, 5.74) is 2.34. The Morgan fingerprint density at radius 3 is 3.10 bits per heavy atom. The van der Waals surface area contributed by atoms with Crippen LogP contribution in [0.4, 0.5) is 5.69 Å². The van der Waals surface area contributed by atoms with E-state index < -0.39 is 0 Å². The molecule has 2 aromatic carbocycles. The Bertz CT molecular complexity index is 1030. The van der Waals surface area contributed by atoms with Crippen LogP contribution in [-0.4, -0.2) is 47.2 Å². The van der Waals surface area contributed by atoms with Gasteiger partial charge in [0.25, 0.3) is 0 Å². The molecule has 0 radical (unpaired) electrons. The van der Waals surface area contributed by atoms with Gasteiger partial charge < -0.3 is 15.2 Å². The maximum absolute atomic E-state index is 12.0. The van der Waals surface area contributed by atoms with Gasteiger partial charge in [0.05, 0.1) is 27.8 Å². The Kier molecular flexibility index (Phi) is 6.43. The molecule has 0 unspecified atom stereocenters. The molecular formula is C21H21N3O3S2. The molecule has 0 saturated carbocycles. The standard InChI is InChI=1S/C21H21N3O3S2/c25-18-6-2-1-4-14(18)11-22-15-7-8-17-19(10-15)29-21(24-17)28-13-20(26)23-12-16-5-3-9-27-16/h1-2,4,6-8,10-11,16,25H,3,5,9,12-13H2,(H,23,26)/t16-/m0/s1. The maximum Gasteiger partial charge on any atom is 0.230 e. The van der Waals surface area contributed by atoms with Gasteiger partial charge in [-0.2, -0.15) is 0 Å². The summed E-state index contributed by atoms with van der Waals surface area (Å²) >= 11 is 2.98. The molecule has 1 amide bonds. The number of hydrogen-bond acceptors (Lipinski definition) is 7. The summed E-state index contributed by atoms with van der Waals surface area (Å²) < 4.78 is 7.38. The first kappa shape index (κ1) is 19.9. The van der Waals surface area contributed by atoms with Crippen LogP contribution in [0, 0.1) is 0 Å². The van der Waals surface area contributed by atoms with E-state index in [1.54, 1.807) is 29.7 Å². The van der Waals surface area contributed by atoms with Crippen molar-refractivity contribution in [1.29, 1.82) is 0 Å². The van der Waals surface area contributed by atoms with Crippen LogP contribution >= 0.6 is 23.1 Å². The van der Waals surface area contributed by atoms with E-state index in [2.05, 4.69) is 15.3 Å². The van der Waals surface area contributed by atoms with Crippen molar-refractivity contribution in [2.75, 3.05) is 18.9 Å². The van der Waals surface area contributed by atoms with Gasteiger partial charge in [-0.1, -0.05) is 23.9 Å². The average molecular weight is 428 g/mol. The number of thioether (sulfide) groups is 1. The fraction of sp³-hybridized carbons (Fsp3) is 0.286. The van der Waals surface area contributed by atoms with Crippen LogP contribution in [0.1, 0.15) is 18.4 Å². The lowest BCUT2D eigenvalue weighted by Crippen LogP contribution is -2.32. The van der Waals surface area contributed by atoms with Crippen LogP contribution in [0.5, 0.6) is 5.75 Å².